The zero-order valence-electron chi connectivity index (χ0n) is 17.1. The summed E-state index contributed by atoms with van der Waals surface area (Å²) in [4.78, 5) is 18.5. The molecule has 0 aliphatic rings. The zero-order chi connectivity index (χ0) is 21.8. The van der Waals surface area contributed by atoms with Crippen molar-refractivity contribution in [3.8, 4) is 22.1 Å². The van der Waals surface area contributed by atoms with Gasteiger partial charge < -0.3 is 14.4 Å². The number of ether oxygens (including phenoxy) is 2. The SMILES string of the molecule is COc1cc(-c2nc(C(=O)N(C)C(C)C)cs2)ccc1OCc1ccc(F)c(F)c1. The normalized spacial score (nSPS) is 10.9. The molecule has 0 unspecified atom stereocenters. The first-order valence-corrected chi connectivity index (χ1v) is 10.2. The number of hydrogen-bond acceptors (Lipinski definition) is 5. The van der Waals surface area contributed by atoms with Crippen LogP contribution >= 0.6 is 11.3 Å². The predicted molar refractivity (Wildman–Crippen MR) is 112 cm³/mol. The minimum absolute atomic E-state index is 0.0599. The van der Waals surface area contributed by atoms with Gasteiger partial charge in [-0.2, -0.15) is 0 Å². The van der Waals surface area contributed by atoms with Crippen LogP contribution in [0.5, 0.6) is 11.5 Å². The van der Waals surface area contributed by atoms with E-state index < -0.39 is 11.6 Å². The van der Waals surface area contributed by atoms with Crippen molar-refractivity contribution in [2.24, 2.45) is 0 Å². The number of thiazole rings is 1. The molecular formula is C22H22F2N2O3S. The van der Waals surface area contributed by atoms with Crippen LogP contribution in [-0.4, -0.2) is 36.0 Å². The average molecular weight is 432 g/mol. The van der Waals surface area contributed by atoms with Gasteiger partial charge in [-0.05, 0) is 49.7 Å². The van der Waals surface area contributed by atoms with E-state index in [1.807, 2.05) is 19.9 Å². The maximum absolute atomic E-state index is 13.4. The van der Waals surface area contributed by atoms with Gasteiger partial charge in [-0.3, -0.25) is 4.79 Å². The van der Waals surface area contributed by atoms with E-state index in [1.165, 1.54) is 24.5 Å². The Kier molecular flexibility index (Phi) is 6.66. The van der Waals surface area contributed by atoms with Gasteiger partial charge in [0.15, 0.2) is 23.1 Å². The summed E-state index contributed by atoms with van der Waals surface area (Å²) in [6.45, 7) is 3.94. The van der Waals surface area contributed by atoms with Gasteiger partial charge in [0.25, 0.3) is 5.91 Å². The van der Waals surface area contributed by atoms with Crippen molar-refractivity contribution in [3.63, 3.8) is 0 Å². The van der Waals surface area contributed by atoms with Gasteiger partial charge >= 0.3 is 0 Å². The first-order valence-electron chi connectivity index (χ1n) is 9.28. The number of rotatable bonds is 7. The molecule has 0 N–H and O–H groups in total. The summed E-state index contributed by atoms with van der Waals surface area (Å²) in [6, 6.07) is 8.99. The molecule has 0 aliphatic carbocycles. The Bertz CT molecular complexity index is 1050. The Morgan fingerprint density at radius 3 is 2.57 bits per heavy atom. The zero-order valence-corrected chi connectivity index (χ0v) is 17.9. The topological polar surface area (TPSA) is 51.7 Å². The molecule has 30 heavy (non-hydrogen) atoms. The van der Waals surface area contributed by atoms with E-state index in [-0.39, 0.29) is 18.6 Å². The number of aromatic nitrogens is 1. The van der Waals surface area contributed by atoms with Crippen LogP contribution in [0.25, 0.3) is 10.6 Å². The van der Waals surface area contributed by atoms with Crippen molar-refractivity contribution in [2.75, 3.05) is 14.2 Å². The largest absolute Gasteiger partial charge is 0.493 e. The minimum Gasteiger partial charge on any atom is -0.493 e. The van der Waals surface area contributed by atoms with Crippen LogP contribution in [-0.2, 0) is 6.61 Å². The van der Waals surface area contributed by atoms with Gasteiger partial charge in [-0.25, -0.2) is 13.8 Å². The van der Waals surface area contributed by atoms with Crippen LogP contribution in [0.1, 0.15) is 29.9 Å². The van der Waals surface area contributed by atoms with Crippen LogP contribution < -0.4 is 9.47 Å². The molecule has 0 bridgehead atoms. The lowest BCUT2D eigenvalue weighted by Crippen LogP contribution is -2.33. The third kappa shape index (κ3) is 4.76. The van der Waals surface area contributed by atoms with E-state index in [9.17, 15) is 13.6 Å². The second-order valence-corrected chi connectivity index (χ2v) is 7.81. The Morgan fingerprint density at radius 1 is 1.13 bits per heavy atom. The molecule has 1 amide bonds. The molecule has 5 nitrogen and oxygen atoms in total. The number of amides is 1. The second kappa shape index (κ2) is 9.21. The van der Waals surface area contributed by atoms with Gasteiger partial charge in [0, 0.05) is 24.0 Å². The highest BCUT2D eigenvalue weighted by atomic mass is 32.1. The molecular weight excluding hydrogens is 410 g/mol. The summed E-state index contributed by atoms with van der Waals surface area (Å²) in [5, 5.41) is 2.41. The van der Waals surface area contributed by atoms with Crippen molar-refractivity contribution in [1.82, 2.24) is 9.88 Å². The molecule has 2 aromatic carbocycles. The smallest absolute Gasteiger partial charge is 0.273 e. The van der Waals surface area contributed by atoms with E-state index >= 15 is 0 Å². The summed E-state index contributed by atoms with van der Waals surface area (Å²) in [7, 11) is 3.26. The lowest BCUT2D eigenvalue weighted by atomic mass is 10.2. The fourth-order valence-corrected chi connectivity index (χ4v) is 3.42. The molecule has 1 aromatic heterocycles. The Morgan fingerprint density at radius 2 is 1.90 bits per heavy atom. The summed E-state index contributed by atoms with van der Waals surface area (Å²) < 4.78 is 37.5. The lowest BCUT2D eigenvalue weighted by molar-refractivity contribution is 0.0750. The average Bonchev–Trinajstić information content (AvgIpc) is 3.23. The number of carbonyl (C=O) groups excluding carboxylic acids is 1. The van der Waals surface area contributed by atoms with Crippen LogP contribution in [0, 0.1) is 11.6 Å². The van der Waals surface area contributed by atoms with Gasteiger partial charge in [0.1, 0.15) is 17.3 Å². The number of carbonyl (C=O) groups is 1. The summed E-state index contributed by atoms with van der Waals surface area (Å²) in [5.74, 6) is -1.03. The quantitative estimate of drug-likeness (QED) is 0.518. The fraction of sp³-hybridized carbons (Fsp3) is 0.273. The predicted octanol–water partition coefficient (Wildman–Crippen LogP) is 5.16. The molecule has 0 aliphatic heterocycles. The molecule has 0 fully saturated rings. The van der Waals surface area contributed by atoms with Crippen LogP contribution in [0.4, 0.5) is 8.78 Å². The molecule has 1 heterocycles. The van der Waals surface area contributed by atoms with Gasteiger partial charge in [0.2, 0.25) is 0 Å². The van der Waals surface area contributed by atoms with Crippen molar-refractivity contribution in [3.05, 3.63) is 64.7 Å². The maximum Gasteiger partial charge on any atom is 0.273 e. The fourth-order valence-electron chi connectivity index (χ4n) is 2.63. The third-order valence-electron chi connectivity index (χ3n) is 4.61. The Balaban J connectivity index is 1.77. The Hall–Kier alpha value is -3.00. The van der Waals surface area contributed by atoms with E-state index in [1.54, 1.807) is 29.5 Å². The highest BCUT2D eigenvalue weighted by Gasteiger charge is 2.18. The summed E-state index contributed by atoms with van der Waals surface area (Å²) in [6.07, 6.45) is 0. The van der Waals surface area contributed by atoms with Crippen molar-refractivity contribution < 1.29 is 23.0 Å². The monoisotopic (exact) mass is 432 g/mol. The van der Waals surface area contributed by atoms with E-state index in [4.69, 9.17) is 9.47 Å². The van der Waals surface area contributed by atoms with E-state index in [0.29, 0.717) is 27.8 Å². The molecule has 0 saturated heterocycles. The standard InChI is InChI=1S/C22H22F2N2O3S/c1-13(2)26(3)22(27)18-12-30-21(25-18)15-6-8-19(20(10-15)28-4)29-11-14-5-7-16(23)17(24)9-14/h5-10,12-13H,11H2,1-4H3. The Labute approximate surface area is 177 Å². The van der Waals surface area contributed by atoms with Crippen molar-refractivity contribution >= 4 is 17.2 Å². The molecule has 0 radical (unpaired) electrons. The van der Waals surface area contributed by atoms with Crippen molar-refractivity contribution in [1.29, 1.82) is 0 Å². The number of methoxy groups -OCH3 is 1. The molecule has 0 saturated carbocycles. The molecule has 3 rings (SSSR count). The summed E-state index contributed by atoms with van der Waals surface area (Å²) in [5.41, 5.74) is 1.67. The van der Waals surface area contributed by atoms with Crippen molar-refractivity contribution in [2.45, 2.75) is 26.5 Å². The number of hydrogen-bond donors (Lipinski definition) is 0. The maximum atomic E-state index is 13.4. The van der Waals surface area contributed by atoms with Gasteiger partial charge in [-0.1, -0.05) is 6.07 Å². The van der Waals surface area contributed by atoms with E-state index in [0.717, 1.165) is 17.7 Å². The molecule has 0 atom stereocenters. The number of benzene rings is 2. The number of halogens is 2. The minimum atomic E-state index is -0.921. The lowest BCUT2D eigenvalue weighted by Gasteiger charge is -2.20. The van der Waals surface area contributed by atoms with E-state index in [2.05, 4.69) is 4.98 Å². The van der Waals surface area contributed by atoms with Gasteiger partial charge in [0.05, 0.1) is 7.11 Å². The number of nitrogens with zero attached hydrogens (tertiary/aromatic N) is 2. The van der Waals surface area contributed by atoms with Gasteiger partial charge in [-0.15, -0.1) is 11.3 Å². The molecule has 0 spiro atoms. The molecule has 158 valence electrons. The van der Waals surface area contributed by atoms with Crippen LogP contribution in [0.15, 0.2) is 41.8 Å². The highest BCUT2D eigenvalue weighted by molar-refractivity contribution is 7.13. The van der Waals surface area contributed by atoms with Crippen LogP contribution in [0.2, 0.25) is 0 Å². The second-order valence-electron chi connectivity index (χ2n) is 6.95. The molecule has 3 aromatic rings. The first kappa shape index (κ1) is 21.7. The molecule has 8 heteroatoms. The summed E-state index contributed by atoms with van der Waals surface area (Å²) >= 11 is 1.37. The third-order valence-corrected chi connectivity index (χ3v) is 5.50. The van der Waals surface area contributed by atoms with Crippen LogP contribution in [0.3, 0.4) is 0 Å². The first-order chi connectivity index (χ1) is 14.3. The highest BCUT2D eigenvalue weighted by Crippen LogP contribution is 2.34.